The van der Waals surface area contributed by atoms with Crippen LogP contribution < -0.4 is 9.44 Å². The topological polar surface area (TPSA) is 75.3 Å². The van der Waals surface area contributed by atoms with E-state index in [2.05, 4.69) is 11.3 Å². The molecule has 1 aromatic carbocycles. The molecule has 0 aliphatic carbocycles. The number of carbonyl (C=O) groups is 1. The van der Waals surface area contributed by atoms with Gasteiger partial charge in [-0.05, 0) is 19.1 Å². The van der Waals surface area contributed by atoms with E-state index >= 15 is 0 Å². The molecule has 0 saturated carbocycles. The molecule has 0 unspecified atom stereocenters. The van der Waals surface area contributed by atoms with Crippen molar-refractivity contribution in [1.82, 2.24) is 4.72 Å². The molecule has 0 heterocycles. The fraction of sp³-hybridized carbons (Fsp3) is 0.100. The molecule has 0 bridgehead atoms. The van der Waals surface area contributed by atoms with Crippen molar-refractivity contribution in [2.45, 2.75) is 6.92 Å². The lowest BCUT2D eigenvalue weighted by Gasteiger charge is -2.08. The summed E-state index contributed by atoms with van der Waals surface area (Å²) < 4.78 is 26.9. The number of hydrogen-bond donors (Lipinski definition) is 2. The second kappa shape index (κ2) is 4.80. The summed E-state index contributed by atoms with van der Waals surface area (Å²) >= 11 is 0. The van der Waals surface area contributed by atoms with Crippen LogP contribution in [-0.4, -0.2) is 14.3 Å². The fourth-order valence-electron chi connectivity index (χ4n) is 0.896. The van der Waals surface area contributed by atoms with Crippen LogP contribution in [0, 0.1) is 0 Å². The standard InChI is InChI=1S/C10H12N2O3S/c1-8(2)10(13)12-16(14,15)11-9-6-4-3-5-7-9/h3-7,11H,1H2,2H3,(H,12,13). The first-order valence-electron chi connectivity index (χ1n) is 4.46. The molecule has 1 aromatic rings. The largest absolute Gasteiger partial charge is 0.323 e. The van der Waals surface area contributed by atoms with Crippen LogP contribution in [0.25, 0.3) is 0 Å². The SMILES string of the molecule is C=C(C)C(=O)NS(=O)(=O)Nc1ccccc1. The average molecular weight is 240 g/mol. The number of amides is 1. The zero-order chi connectivity index (χ0) is 12.2. The van der Waals surface area contributed by atoms with E-state index in [0.29, 0.717) is 5.69 Å². The second-order valence-electron chi connectivity index (χ2n) is 3.18. The molecule has 1 amide bonds. The molecular weight excluding hydrogens is 228 g/mol. The van der Waals surface area contributed by atoms with Gasteiger partial charge in [-0.25, -0.2) is 4.72 Å². The Balaban J connectivity index is 2.74. The van der Waals surface area contributed by atoms with E-state index in [-0.39, 0.29) is 5.57 Å². The highest BCUT2D eigenvalue weighted by molar-refractivity contribution is 7.91. The Labute approximate surface area is 94.4 Å². The maximum Gasteiger partial charge on any atom is 0.323 e. The Morgan fingerprint density at radius 3 is 2.31 bits per heavy atom. The van der Waals surface area contributed by atoms with Gasteiger partial charge in [-0.3, -0.25) is 9.52 Å². The summed E-state index contributed by atoms with van der Waals surface area (Å²) in [5.74, 6) is -0.733. The maximum absolute atomic E-state index is 11.4. The summed E-state index contributed by atoms with van der Waals surface area (Å²) in [5.41, 5.74) is 0.503. The third kappa shape index (κ3) is 3.74. The molecule has 0 spiro atoms. The number of anilines is 1. The molecule has 86 valence electrons. The van der Waals surface area contributed by atoms with Crippen molar-refractivity contribution in [3.8, 4) is 0 Å². The van der Waals surface area contributed by atoms with Crippen LogP contribution >= 0.6 is 0 Å². The Morgan fingerprint density at radius 1 is 1.25 bits per heavy atom. The zero-order valence-electron chi connectivity index (χ0n) is 8.73. The third-order valence-corrected chi connectivity index (χ3v) is 2.60. The van der Waals surface area contributed by atoms with E-state index in [1.165, 1.54) is 6.92 Å². The van der Waals surface area contributed by atoms with Gasteiger partial charge in [-0.15, -0.1) is 0 Å². The summed E-state index contributed by atoms with van der Waals surface area (Å²) in [4.78, 5) is 11.1. The number of hydrogen-bond acceptors (Lipinski definition) is 3. The molecule has 0 saturated heterocycles. The minimum Gasteiger partial charge on any atom is -0.269 e. The molecule has 1 rings (SSSR count). The summed E-state index contributed by atoms with van der Waals surface area (Å²) in [7, 11) is -3.89. The highest BCUT2D eigenvalue weighted by atomic mass is 32.2. The monoisotopic (exact) mass is 240 g/mol. The molecule has 0 aromatic heterocycles. The zero-order valence-corrected chi connectivity index (χ0v) is 9.54. The van der Waals surface area contributed by atoms with Gasteiger partial charge in [-0.2, -0.15) is 8.42 Å². The normalized spacial score (nSPS) is 10.6. The maximum atomic E-state index is 11.4. The highest BCUT2D eigenvalue weighted by Crippen LogP contribution is 2.06. The first kappa shape index (κ1) is 12.3. The molecular formula is C10H12N2O3S. The van der Waals surface area contributed by atoms with Gasteiger partial charge in [0.25, 0.3) is 5.91 Å². The number of nitrogens with one attached hydrogen (secondary N) is 2. The smallest absolute Gasteiger partial charge is 0.269 e. The number of carbonyl (C=O) groups excluding carboxylic acids is 1. The van der Waals surface area contributed by atoms with Gasteiger partial charge in [0.2, 0.25) is 0 Å². The third-order valence-electron chi connectivity index (χ3n) is 1.64. The Morgan fingerprint density at radius 2 is 1.81 bits per heavy atom. The van der Waals surface area contributed by atoms with Crippen molar-refractivity contribution in [3.63, 3.8) is 0 Å². The highest BCUT2D eigenvalue weighted by Gasteiger charge is 2.14. The quantitative estimate of drug-likeness (QED) is 0.772. The van der Waals surface area contributed by atoms with E-state index in [4.69, 9.17) is 0 Å². The van der Waals surface area contributed by atoms with Crippen molar-refractivity contribution < 1.29 is 13.2 Å². The van der Waals surface area contributed by atoms with Gasteiger partial charge in [0, 0.05) is 5.57 Å². The van der Waals surface area contributed by atoms with Crippen LogP contribution in [0.1, 0.15) is 6.92 Å². The van der Waals surface area contributed by atoms with Crippen LogP contribution in [0.4, 0.5) is 5.69 Å². The van der Waals surface area contributed by atoms with E-state index in [1.54, 1.807) is 30.3 Å². The number of benzene rings is 1. The Hall–Kier alpha value is -1.82. The Kier molecular flexibility index (Phi) is 3.68. The minimum absolute atomic E-state index is 0.124. The molecule has 5 nitrogen and oxygen atoms in total. The summed E-state index contributed by atoms with van der Waals surface area (Å²) in [6.07, 6.45) is 0. The Bertz CT molecular complexity index is 494. The van der Waals surface area contributed by atoms with Crippen molar-refractivity contribution in [2.24, 2.45) is 0 Å². The van der Waals surface area contributed by atoms with E-state index in [1.807, 2.05) is 4.72 Å². The summed E-state index contributed by atoms with van der Waals surface area (Å²) in [5, 5.41) is 0. The van der Waals surface area contributed by atoms with Gasteiger partial charge in [0.15, 0.2) is 0 Å². The van der Waals surface area contributed by atoms with Crippen LogP contribution in [0.2, 0.25) is 0 Å². The van der Waals surface area contributed by atoms with Crippen LogP contribution in [0.3, 0.4) is 0 Å². The average Bonchev–Trinajstić information content (AvgIpc) is 2.17. The van der Waals surface area contributed by atoms with Crippen LogP contribution in [-0.2, 0) is 15.0 Å². The molecule has 0 fully saturated rings. The van der Waals surface area contributed by atoms with Crippen molar-refractivity contribution in [1.29, 1.82) is 0 Å². The minimum atomic E-state index is -3.89. The van der Waals surface area contributed by atoms with Gasteiger partial charge in [-0.1, -0.05) is 24.8 Å². The molecule has 0 aliphatic heterocycles. The van der Waals surface area contributed by atoms with E-state index in [9.17, 15) is 13.2 Å². The fourth-order valence-corrected chi connectivity index (χ4v) is 1.81. The van der Waals surface area contributed by atoms with Gasteiger partial charge < -0.3 is 0 Å². The van der Waals surface area contributed by atoms with Crippen LogP contribution in [0.15, 0.2) is 42.5 Å². The van der Waals surface area contributed by atoms with Crippen molar-refractivity contribution in [2.75, 3.05) is 4.72 Å². The van der Waals surface area contributed by atoms with Crippen molar-refractivity contribution in [3.05, 3.63) is 42.5 Å². The first-order valence-corrected chi connectivity index (χ1v) is 5.94. The van der Waals surface area contributed by atoms with Gasteiger partial charge in [0.05, 0.1) is 5.69 Å². The molecule has 0 radical (unpaired) electrons. The molecule has 0 atom stereocenters. The lowest BCUT2D eigenvalue weighted by molar-refractivity contribution is -0.115. The van der Waals surface area contributed by atoms with Gasteiger partial charge >= 0.3 is 10.2 Å². The lowest BCUT2D eigenvalue weighted by atomic mass is 10.3. The van der Waals surface area contributed by atoms with Crippen molar-refractivity contribution >= 4 is 21.8 Å². The molecule has 6 heteroatoms. The van der Waals surface area contributed by atoms with E-state index in [0.717, 1.165) is 0 Å². The second-order valence-corrected chi connectivity index (χ2v) is 4.60. The predicted molar refractivity (Wildman–Crippen MR) is 61.9 cm³/mol. The number of para-hydroxylation sites is 1. The van der Waals surface area contributed by atoms with E-state index < -0.39 is 16.1 Å². The number of rotatable bonds is 4. The molecule has 0 aliphatic rings. The molecule has 16 heavy (non-hydrogen) atoms. The predicted octanol–water partition coefficient (Wildman–Crippen LogP) is 1.04. The summed E-state index contributed by atoms with van der Waals surface area (Å²) in [6, 6.07) is 8.26. The first-order chi connectivity index (χ1) is 7.41. The van der Waals surface area contributed by atoms with Crippen LogP contribution in [0.5, 0.6) is 0 Å². The molecule has 2 N–H and O–H groups in total. The van der Waals surface area contributed by atoms with Gasteiger partial charge in [0.1, 0.15) is 0 Å². The lowest BCUT2D eigenvalue weighted by Crippen LogP contribution is -2.35. The summed E-state index contributed by atoms with van der Waals surface area (Å²) in [6.45, 7) is 4.77.